The Morgan fingerprint density at radius 2 is 1.37 bits per heavy atom. The molecule has 0 bridgehead atoms. The minimum atomic E-state index is 0.0248. The minimum Gasteiger partial charge on any atom is -0.372 e. The van der Waals surface area contributed by atoms with Gasteiger partial charge in [-0.2, -0.15) is 0 Å². The summed E-state index contributed by atoms with van der Waals surface area (Å²) in [7, 11) is 0. The zero-order valence-electron chi connectivity index (χ0n) is 16.1. The van der Waals surface area contributed by atoms with E-state index >= 15 is 0 Å². The van der Waals surface area contributed by atoms with Crippen LogP contribution in [-0.2, 0) is 9.59 Å². The maximum Gasteiger partial charge on any atom is 0.227 e. The highest BCUT2D eigenvalue weighted by molar-refractivity contribution is 5.93. The number of piperidine rings is 1. The maximum absolute atomic E-state index is 12.6. The van der Waals surface area contributed by atoms with Crippen LogP contribution in [0.5, 0.6) is 0 Å². The highest BCUT2D eigenvalue weighted by Gasteiger charge is 2.32. The van der Waals surface area contributed by atoms with Crippen LogP contribution in [0.2, 0.25) is 0 Å². The molecule has 0 unspecified atom stereocenters. The molecule has 0 spiro atoms. The second kappa shape index (κ2) is 8.32. The summed E-state index contributed by atoms with van der Waals surface area (Å²) in [6.45, 7) is 2.26. The quantitative estimate of drug-likeness (QED) is 0.832. The Morgan fingerprint density at radius 3 is 1.96 bits per heavy atom. The number of benzene rings is 1. The lowest BCUT2D eigenvalue weighted by molar-refractivity contribution is -0.128. The number of hydrogen-bond acceptors (Lipinski definition) is 3. The average molecular weight is 370 g/mol. The minimum absolute atomic E-state index is 0.0248. The van der Waals surface area contributed by atoms with E-state index in [4.69, 9.17) is 0 Å². The normalized spacial score (nSPS) is 25.7. The molecule has 146 valence electrons. The predicted molar refractivity (Wildman–Crippen MR) is 108 cm³/mol. The van der Waals surface area contributed by atoms with Crippen molar-refractivity contribution in [3.63, 3.8) is 0 Å². The first-order valence-electron chi connectivity index (χ1n) is 10.7. The van der Waals surface area contributed by atoms with Crippen LogP contribution in [0.25, 0.3) is 0 Å². The van der Waals surface area contributed by atoms with Crippen molar-refractivity contribution >= 4 is 23.2 Å². The van der Waals surface area contributed by atoms with Gasteiger partial charge in [-0.15, -0.1) is 0 Å². The van der Waals surface area contributed by atoms with Crippen molar-refractivity contribution in [2.45, 2.75) is 63.8 Å². The van der Waals surface area contributed by atoms with E-state index in [1.807, 2.05) is 12.1 Å². The molecule has 1 heterocycles. The summed E-state index contributed by atoms with van der Waals surface area (Å²) in [5.74, 6) is 0.418. The number of nitrogens with one attached hydrogen (secondary N) is 2. The largest absolute Gasteiger partial charge is 0.372 e. The van der Waals surface area contributed by atoms with Crippen LogP contribution in [0.1, 0.15) is 57.8 Å². The molecule has 1 aromatic carbocycles. The smallest absolute Gasteiger partial charge is 0.227 e. The van der Waals surface area contributed by atoms with Crippen molar-refractivity contribution in [1.29, 1.82) is 0 Å². The van der Waals surface area contributed by atoms with E-state index in [0.29, 0.717) is 6.04 Å². The average Bonchev–Trinajstić information content (AvgIpc) is 3.53. The first-order chi connectivity index (χ1) is 13.2. The molecule has 0 radical (unpaired) electrons. The van der Waals surface area contributed by atoms with E-state index in [-0.39, 0.29) is 23.7 Å². The summed E-state index contributed by atoms with van der Waals surface area (Å²) < 4.78 is 0. The molecule has 2 N–H and O–H groups in total. The SMILES string of the molecule is O=C(Nc1ccc(N2CCCCC2)cc1)C1CCC(C(=O)NC2CC2)CC1. The van der Waals surface area contributed by atoms with E-state index in [0.717, 1.165) is 57.3 Å². The summed E-state index contributed by atoms with van der Waals surface area (Å²) in [4.78, 5) is 27.2. The summed E-state index contributed by atoms with van der Waals surface area (Å²) in [5, 5.41) is 6.17. The van der Waals surface area contributed by atoms with Gasteiger partial charge in [-0.25, -0.2) is 0 Å². The Morgan fingerprint density at radius 1 is 0.778 bits per heavy atom. The van der Waals surface area contributed by atoms with Gasteiger partial charge < -0.3 is 15.5 Å². The maximum atomic E-state index is 12.6. The van der Waals surface area contributed by atoms with E-state index in [2.05, 4.69) is 27.7 Å². The molecule has 27 heavy (non-hydrogen) atoms. The summed E-state index contributed by atoms with van der Waals surface area (Å²) >= 11 is 0. The van der Waals surface area contributed by atoms with Crippen molar-refractivity contribution in [3.8, 4) is 0 Å². The van der Waals surface area contributed by atoms with Gasteiger partial charge in [0.1, 0.15) is 0 Å². The van der Waals surface area contributed by atoms with Crippen LogP contribution < -0.4 is 15.5 Å². The Balaban J connectivity index is 1.24. The highest BCUT2D eigenvalue weighted by atomic mass is 16.2. The molecule has 3 aliphatic rings. The van der Waals surface area contributed by atoms with Crippen molar-refractivity contribution in [2.75, 3.05) is 23.3 Å². The number of nitrogens with zero attached hydrogens (tertiary/aromatic N) is 1. The summed E-state index contributed by atoms with van der Waals surface area (Å²) in [6, 6.07) is 8.67. The number of carbonyl (C=O) groups is 2. The van der Waals surface area contributed by atoms with Crippen molar-refractivity contribution in [1.82, 2.24) is 5.32 Å². The zero-order valence-corrected chi connectivity index (χ0v) is 16.1. The van der Waals surface area contributed by atoms with Gasteiger partial charge in [0.05, 0.1) is 0 Å². The number of amides is 2. The number of anilines is 2. The van der Waals surface area contributed by atoms with Crippen LogP contribution in [-0.4, -0.2) is 30.9 Å². The van der Waals surface area contributed by atoms with Gasteiger partial charge in [-0.3, -0.25) is 9.59 Å². The second-order valence-electron chi connectivity index (χ2n) is 8.42. The van der Waals surface area contributed by atoms with Crippen LogP contribution in [0.3, 0.4) is 0 Å². The molecule has 3 fully saturated rings. The van der Waals surface area contributed by atoms with Gasteiger partial charge in [-0.05, 0) is 82.1 Å². The molecule has 2 aliphatic carbocycles. The van der Waals surface area contributed by atoms with Crippen LogP contribution in [0.4, 0.5) is 11.4 Å². The van der Waals surface area contributed by atoms with Crippen molar-refractivity contribution in [2.24, 2.45) is 11.8 Å². The first-order valence-corrected chi connectivity index (χ1v) is 10.7. The fourth-order valence-electron chi connectivity index (χ4n) is 4.32. The molecule has 4 rings (SSSR count). The van der Waals surface area contributed by atoms with Crippen LogP contribution >= 0.6 is 0 Å². The van der Waals surface area contributed by atoms with Gasteiger partial charge >= 0.3 is 0 Å². The third kappa shape index (κ3) is 4.82. The van der Waals surface area contributed by atoms with Gasteiger partial charge in [-0.1, -0.05) is 0 Å². The molecule has 5 heteroatoms. The molecule has 2 amide bonds. The number of rotatable bonds is 5. The zero-order chi connectivity index (χ0) is 18.6. The molecular formula is C22H31N3O2. The third-order valence-corrected chi connectivity index (χ3v) is 6.25. The fraction of sp³-hybridized carbons (Fsp3) is 0.636. The lowest BCUT2D eigenvalue weighted by atomic mass is 9.81. The van der Waals surface area contributed by atoms with E-state index < -0.39 is 0 Å². The Hall–Kier alpha value is -2.04. The fourth-order valence-corrected chi connectivity index (χ4v) is 4.32. The van der Waals surface area contributed by atoms with Crippen LogP contribution in [0.15, 0.2) is 24.3 Å². The molecule has 1 saturated heterocycles. The van der Waals surface area contributed by atoms with Crippen LogP contribution in [0, 0.1) is 11.8 Å². The lowest BCUT2D eigenvalue weighted by Gasteiger charge is -2.29. The molecule has 0 atom stereocenters. The van der Waals surface area contributed by atoms with E-state index in [1.165, 1.54) is 24.9 Å². The van der Waals surface area contributed by atoms with Crippen molar-refractivity contribution in [3.05, 3.63) is 24.3 Å². The molecule has 2 saturated carbocycles. The monoisotopic (exact) mass is 369 g/mol. The molecule has 1 aliphatic heterocycles. The third-order valence-electron chi connectivity index (χ3n) is 6.25. The van der Waals surface area contributed by atoms with Gasteiger partial charge in [0.2, 0.25) is 11.8 Å². The molecule has 1 aromatic rings. The molecule has 5 nitrogen and oxygen atoms in total. The lowest BCUT2D eigenvalue weighted by Crippen LogP contribution is -2.36. The topological polar surface area (TPSA) is 61.4 Å². The highest BCUT2D eigenvalue weighted by Crippen LogP contribution is 2.31. The van der Waals surface area contributed by atoms with E-state index in [9.17, 15) is 9.59 Å². The van der Waals surface area contributed by atoms with Gasteiger partial charge in [0.15, 0.2) is 0 Å². The first kappa shape index (κ1) is 18.3. The summed E-state index contributed by atoms with van der Waals surface area (Å²) in [6.07, 6.45) is 9.37. The number of hydrogen-bond donors (Lipinski definition) is 2. The van der Waals surface area contributed by atoms with Gasteiger partial charge in [0, 0.05) is 42.3 Å². The standard InChI is InChI=1S/C22H31N3O2/c26-21(23-18-8-9-18)16-4-6-17(7-5-16)22(27)24-19-10-12-20(13-11-19)25-14-2-1-3-15-25/h10-13,16-18H,1-9,14-15H2,(H,23,26)(H,24,27). The second-order valence-corrected chi connectivity index (χ2v) is 8.42. The molecular weight excluding hydrogens is 338 g/mol. The Labute approximate surface area is 161 Å². The predicted octanol–water partition coefficient (Wildman–Crippen LogP) is 3.70. The summed E-state index contributed by atoms with van der Waals surface area (Å²) in [5.41, 5.74) is 2.12. The van der Waals surface area contributed by atoms with Crippen molar-refractivity contribution < 1.29 is 9.59 Å². The number of carbonyl (C=O) groups excluding carboxylic acids is 2. The Kier molecular flexibility index (Phi) is 5.65. The van der Waals surface area contributed by atoms with E-state index in [1.54, 1.807) is 0 Å². The van der Waals surface area contributed by atoms with Gasteiger partial charge in [0.25, 0.3) is 0 Å². The Bertz CT molecular complexity index is 655. The molecule has 0 aromatic heterocycles.